The molecule has 0 saturated carbocycles. The summed E-state index contributed by atoms with van der Waals surface area (Å²) in [6.07, 6.45) is 1.23. The van der Waals surface area contributed by atoms with E-state index in [9.17, 15) is 0 Å². The average Bonchev–Trinajstić information content (AvgIpc) is 2.28. The fraction of sp³-hybridized carbons (Fsp3) is 0.600. The van der Waals surface area contributed by atoms with E-state index in [0.29, 0.717) is 11.5 Å². The Kier molecular flexibility index (Phi) is 4.44. The molecule has 1 saturated heterocycles. The highest BCUT2D eigenvalue weighted by Crippen LogP contribution is 2.34. The molecule has 1 atom stereocenters. The lowest BCUT2D eigenvalue weighted by Crippen LogP contribution is -2.35. The van der Waals surface area contributed by atoms with Crippen LogP contribution in [0.1, 0.15) is 27.2 Å². The lowest BCUT2D eigenvalue weighted by molar-refractivity contribution is 0.340. The first-order valence-electron chi connectivity index (χ1n) is 6.66. The van der Waals surface area contributed by atoms with Crippen LogP contribution in [0.15, 0.2) is 24.3 Å². The Morgan fingerprint density at radius 3 is 3.00 bits per heavy atom. The molecule has 0 amide bonds. The number of benzene rings is 1. The van der Waals surface area contributed by atoms with Crippen LogP contribution in [0.2, 0.25) is 0 Å². The van der Waals surface area contributed by atoms with Crippen molar-refractivity contribution in [1.29, 1.82) is 0 Å². The molecule has 18 heavy (non-hydrogen) atoms. The predicted octanol–water partition coefficient (Wildman–Crippen LogP) is 4.03. The average molecular weight is 265 g/mol. The Hall–Kier alpha value is -0.830. The monoisotopic (exact) mass is 265 g/mol. The summed E-state index contributed by atoms with van der Waals surface area (Å²) >= 11 is 2.05. The van der Waals surface area contributed by atoms with Crippen LogP contribution in [0.25, 0.3) is 0 Å². The number of anilines is 1. The molecule has 1 N–H and O–H groups in total. The third-order valence-corrected chi connectivity index (χ3v) is 4.75. The van der Waals surface area contributed by atoms with Crippen LogP contribution in [0, 0.1) is 5.41 Å². The zero-order chi connectivity index (χ0) is 13.0. The van der Waals surface area contributed by atoms with Crippen LogP contribution in [-0.2, 0) is 0 Å². The number of thioether (sulfide) groups is 1. The van der Waals surface area contributed by atoms with Crippen LogP contribution in [0.4, 0.5) is 5.69 Å². The number of hydrogen-bond acceptors (Lipinski definition) is 3. The first kappa shape index (κ1) is 13.6. The Balaban J connectivity index is 1.98. The quantitative estimate of drug-likeness (QED) is 0.888. The van der Waals surface area contributed by atoms with Crippen molar-refractivity contribution in [1.82, 2.24) is 0 Å². The maximum Gasteiger partial charge on any atom is 0.121 e. The summed E-state index contributed by atoms with van der Waals surface area (Å²) in [7, 11) is 0. The van der Waals surface area contributed by atoms with Gasteiger partial charge in [0, 0.05) is 23.5 Å². The van der Waals surface area contributed by atoms with Crippen molar-refractivity contribution in [2.24, 2.45) is 5.41 Å². The van der Waals surface area contributed by atoms with E-state index in [1.807, 2.05) is 24.8 Å². The fourth-order valence-corrected chi connectivity index (χ4v) is 3.71. The summed E-state index contributed by atoms with van der Waals surface area (Å²) in [5.41, 5.74) is 1.61. The molecule has 1 heterocycles. The van der Waals surface area contributed by atoms with Gasteiger partial charge in [-0.15, -0.1) is 0 Å². The van der Waals surface area contributed by atoms with Crippen LogP contribution < -0.4 is 10.1 Å². The largest absolute Gasteiger partial charge is 0.494 e. The van der Waals surface area contributed by atoms with Gasteiger partial charge in [0.15, 0.2) is 0 Å². The topological polar surface area (TPSA) is 21.3 Å². The number of rotatable bonds is 4. The Morgan fingerprint density at radius 2 is 2.28 bits per heavy atom. The van der Waals surface area contributed by atoms with E-state index in [0.717, 1.165) is 12.4 Å². The highest BCUT2D eigenvalue weighted by molar-refractivity contribution is 7.99. The third-order valence-electron chi connectivity index (χ3n) is 3.13. The van der Waals surface area contributed by atoms with Crippen molar-refractivity contribution >= 4 is 17.4 Å². The van der Waals surface area contributed by atoms with Gasteiger partial charge in [0.2, 0.25) is 0 Å². The summed E-state index contributed by atoms with van der Waals surface area (Å²) in [6, 6.07) is 8.84. The first-order valence-corrected chi connectivity index (χ1v) is 7.82. The Labute approximate surface area is 114 Å². The molecule has 0 spiro atoms. The first-order chi connectivity index (χ1) is 8.59. The van der Waals surface area contributed by atoms with Crippen molar-refractivity contribution in [3.63, 3.8) is 0 Å². The van der Waals surface area contributed by atoms with E-state index >= 15 is 0 Å². The maximum absolute atomic E-state index is 5.53. The molecule has 1 fully saturated rings. The van der Waals surface area contributed by atoms with E-state index in [2.05, 4.69) is 37.4 Å². The lowest BCUT2D eigenvalue weighted by Gasteiger charge is -2.35. The van der Waals surface area contributed by atoms with Gasteiger partial charge in [-0.2, -0.15) is 11.8 Å². The molecule has 0 bridgehead atoms. The molecular weight excluding hydrogens is 242 g/mol. The number of ether oxygens (including phenoxy) is 1. The lowest BCUT2D eigenvalue weighted by atomic mass is 9.88. The molecule has 1 aliphatic rings. The summed E-state index contributed by atoms with van der Waals surface area (Å²) in [5, 5.41) is 3.63. The molecule has 0 aliphatic carbocycles. The zero-order valence-corrected chi connectivity index (χ0v) is 12.3. The number of hydrogen-bond donors (Lipinski definition) is 1. The second kappa shape index (κ2) is 5.87. The fourth-order valence-electron chi connectivity index (χ4n) is 2.43. The summed E-state index contributed by atoms with van der Waals surface area (Å²) < 4.78 is 5.53. The number of nitrogens with one attached hydrogen (secondary N) is 1. The standard InChI is InChI=1S/C15H23NOS/c1-4-17-14-7-5-6-12(8-14)16-13-9-15(2,3)11-18-10-13/h5-8,13,16H,4,9-11H2,1-3H3. The van der Waals surface area contributed by atoms with Crippen molar-refractivity contribution in [3.05, 3.63) is 24.3 Å². The maximum atomic E-state index is 5.53. The smallest absolute Gasteiger partial charge is 0.121 e. The minimum atomic E-state index is 0.443. The normalized spacial score (nSPS) is 22.5. The molecule has 0 aromatic heterocycles. The summed E-state index contributed by atoms with van der Waals surface area (Å²) in [5.74, 6) is 3.41. The summed E-state index contributed by atoms with van der Waals surface area (Å²) in [4.78, 5) is 0. The molecule has 2 rings (SSSR count). The molecule has 1 aromatic rings. The second-order valence-electron chi connectivity index (χ2n) is 5.69. The Morgan fingerprint density at radius 1 is 1.44 bits per heavy atom. The van der Waals surface area contributed by atoms with Gasteiger partial charge in [-0.1, -0.05) is 19.9 Å². The van der Waals surface area contributed by atoms with Gasteiger partial charge in [0.1, 0.15) is 5.75 Å². The molecule has 2 nitrogen and oxygen atoms in total. The molecule has 1 aliphatic heterocycles. The zero-order valence-electron chi connectivity index (χ0n) is 11.5. The van der Waals surface area contributed by atoms with E-state index in [1.54, 1.807) is 0 Å². The second-order valence-corrected chi connectivity index (χ2v) is 6.72. The molecule has 0 radical (unpaired) electrons. The van der Waals surface area contributed by atoms with Crippen molar-refractivity contribution in [2.75, 3.05) is 23.4 Å². The van der Waals surface area contributed by atoms with Gasteiger partial charge in [0.25, 0.3) is 0 Å². The molecule has 1 aromatic carbocycles. The molecular formula is C15H23NOS. The van der Waals surface area contributed by atoms with Crippen molar-refractivity contribution < 1.29 is 4.74 Å². The summed E-state index contributed by atoms with van der Waals surface area (Å²) in [6.45, 7) is 7.44. The van der Waals surface area contributed by atoms with Crippen LogP contribution in [0.5, 0.6) is 5.75 Å². The van der Waals surface area contributed by atoms with Gasteiger partial charge in [-0.3, -0.25) is 0 Å². The Bertz CT molecular complexity index is 392. The minimum Gasteiger partial charge on any atom is -0.494 e. The SMILES string of the molecule is CCOc1cccc(NC2CSCC(C)(C)C2)c1. The van der Waals surface area contributed by atoms with Gasteiger partial charge in [-0.25, -0.2) is 0 Å². The van der Waals surface area contributed by atoms with Crippen LogP contribution in [-0.4, -0.2) is 24.2 Å². The molecule has 3 heteroatoms. The van der Waals surface area contributed by atoms with Crippen LogP contribution >= 0.6 is 11.8 Å². The van der Waals surface area contributed by atoms with Gasteiger partial charge < -0.3 is 10.1 Å². The van der Waals surface area contributed by atoms with E-state index in [-0.39, 0.29) is 0 Å². The molecule has 1 unspecified atom stereocenters. The van der Waals surface area contributed by atoms with Gasteiger partial charge in [0.05, 0.1) is 6.61 Å². The van der Waals surface area contributed by atoms with Gasteiger partial charge >= 0.3 is 0 Å². The minimum absolute atomic E-state index is 0.443. The predicted molar refractivity (Wildman–Crippen MR) is 80.7 cm³/mol. The highest BCUT2D eigenvalue weighted by atomic mass is 32.2. The van der Waals surface area contributed by atoms with E-state index in [4.69, 9.17) is 4.74 Å². The molecule has 100 valence electrons. The van der Waals surface area contributed by atoms with E-state index in [1.165, 1.54) is 23.6 Å². The van der Waals surface area contributed by atoms with Crippen molar-refractivity contribution in [3.8, 4) is 5.75 Å². The van der Waals surface area contributed by atoms with Crippen molar-refractivity contribution in [2.45, 2.75) is 33.2 Å². The van der Waals surface area contributed by atoms with E-state index < -0.39 is 0 Å². The van der Waals surface area contributed by atoms with Crippen LogP contribution in [0.3, 0.4) is 0 Å². The third kappa shape index (κ3) is 3.84. The highest BCUT2D eigenvalue weighted by Gasteiger charge is 2.28. The van der Waals surface area contributed by atoms with Gasteiger partial charge in [-0.05, 0) is 36.6 Å².